The molecule has 4 heteroatoms. The maximum atomic E-state index is 11.5. The summed E-state index contributed by atoms with van der Waals surface area (Å²) in [6.45, 7) is 13.2. The van der Waals surface area contributed by atoms with Crippen molar-refractivity contribution in [2.24, 2.45) is 0 Å². The summed E-state index contributed by atoms with van der Waals surface area (Å²) < 4.78 is 0. The Labute approximate surface area is 117 Å². The second kappa shape index (κ2) is 6.71. The highest BCUT2D eigenvalue weighted by Gasteiger charge is 2.38. The molecule has 0 radical (unpaired) electrons. The van der Waals surface area contributed by atoms with Gasteiger partial charge in [0.15, 0.2) is 0 Å². The van der Waals surface area contributed by atoms with Gasteiger partial charge < -0.3 is 10.0 Å². The average Bonchev–Trinajstić information content (AvgIpc) is 2.55. The molecule has 0 aromatic heterocycles. The molecule has 4 nitrogen and oxygen atoms in total. The van der Waals surface area contributed by atoms with Crippen LogP contribution in [0.15, 0.2) is 0 Å². The Morgan fingerprint density at radius 1 is 1.37 bits per heavy atom. The van der Waals surface area contributed by atoms with Crippen molar-refractivity contribution in [2.45, 2.75) is 71.5 Å². The van der Waals surface area contributed by atoms with Gasteiger partial charge in [-0.2, -0.15) is 0 Å². The summed E-state index contributed by atoms with van der Waals surface area (Å²) in [5.41, 5.74) is -0.771. The fourth-order valence-electron chi connectivity index (χ4n) is 3.16. The topological polar surface area (TPSA) is 43.8 Å². The second-order valence-electron chi connectivity index (χ2n) is 6.36. The van der Waals surface area contributed by atoms with Crippen LogP contribution < -0.4 is 0 Å². The first-order valence-electron chi connectivity index (χ1n) is 7.54. The summed E-state index contributed by atoms with van der Waals surface area (Å²) in [4.78, 5) is 16.1. The highest BCUT2D eigenvalue weighted by molar-refractivity contribution is 5.77. The van der Waals surface area contributed by atoms with Gasteiger partial charge in [0.2, 0.25) is 0 Å². The molecule has 1 aliphatic rings. The predicted molar refractivity (Wildman–Crippen MR) is 78.4 cm³/mol. The summed E-state index contributed by atoms with van der Waals surface area (Å²) >= 11 is 0. The molecule has 0 spiro atoms. The molecule has 1 rings (SSSR count). The lowest BCUT2D eigenvalue weighted by atomic mass is 9.97. The van der Waals surface area contributed by atoms with Crippen LogP contribution in [0.5, 0.6) is 0 Å². The van der Waals surface area contributed by atoms with Crippen molar-refractivity contribution < 1.29 is 9.90 Å². The number of carboxylic acid groups (broad SMARTS) is 1. The van der Waals surface area contributed by atoms with E-state index >= 15 is 0 Å². The number of carboxylic acids is 1. The van der Waals surface area contributed by atoms with Gasteiger partial charge in [-0.1, -0.05) is 6.92 Å². The number of likely N-dealkylation sites (tertiary alicyclic amines) is 1. The molecule has 1 fully saturated rings. The quantitative estimate of drug-likeness (QED) is 0.833. The first-order valence-corrected chi connectivity index (χ1v) is 7.54. The summed E-state index contributed by atoms with van der Waals surface area (Å²) in [7, 11) is 0. The number of hydrogen-bond acceptors (Lipinski definition) is 3. The predicted octanol–water partition coefficient (Wildman–Crippen LogP) is 2.43. The van der Waals surface area contributed by atoms with Gasteiger partial charge in [0.25, 0.3) is 0 Å². The lowest BCUT2D eigenvalue weighted by molar-refractivity contribution is -0.151. The van der Waals surface area contributed by atoms with Crippen LogP contribution in [-0.2, 0) is 4.79 Å². The third-order valence-corrected chi connectivity index (χ3v) is 4.49. The molecule has 1 heterocycles. The molecular formula is C15H30N2O2. The first-order chi connectivity index (χ1) is 8.80. The zero-order valence-electron chi connectivity index (χ0n) is 13.1. The van der Waals surface area contributed by atoms with Gasteiger partial charge in [0.05, 0.1) is 0 Å². The first kappa shape index (κ1) is 16.4. The Morgan fingerprint density at radius 3 is 2.47 bits per heavy atom. The van der Waals surface area contributed by atoms with Crippen LogP contribution in [0.25, 0.3) is 0 Å². The Balaban J connectivity index is 2.75. The number of likely N-dealkylation sites (N-methyl/N-ethyl adjacent to an activating group) is 1. The van der Waals surface area contributed by atoms with E-state index in [9.17, 15) is 9.90 Å². The van der Waals surface area contributed by atoms with Crippen LogP contribution in [0.4, 0.5) is 0 Å². The van der Waals surface area contributed by atoms with E-state index in [0.717, 1.165) is 38.9 Å². The summed E-state index contributed by atoms with van der Waals surface area (Å²) in [6.07, 6.45) is 3.34. The standard InChI is InChI=1S/C15H30N2O2/c1-6-17(15(4,5)14(18)19)13-8-7-10-16(11-9-13)12(2)3/h12-13H,6-11H2,1-5H3,(H,18,19). The molecule has 0 saturated carbocycles. The third-order valence-electron chi connectivity index (χ3n) is 4.49. The molecule has 1 unspecified atom stereocenters. The van der Waals surface area contributed by atoms with Gasteiger partial charge in [-0.05, 0) is 66.6 Å². The lowest BCUT2D eigenvalue weighted by Gasteiger charge is -2.40. The molecular weight excluding hydrogens is 240 g/mol. The Hall–Kier alpha value is -0.610. The molecule has 0 amide bonds. The van der Waals surface area contributed by atoms with E-state index in [0.29, 0.717) is 12.1 Å². The van der Waals surface area contributed by atoms with Crippen LogP contribution in [0.2, 0.25) is 0 Å². The van der Waals surface area contributed by atoms with Gasteiger partial charge in [0, 0.05) is 12.1 Å². The summed E-state index contributed by atoms with van der Waals surface area (Å²) in [5, 5.41) is 9.43. The average molecular weight is 270 g/mol. The molecule has 1 atom stereocenters. The minimum absolute atomic E-state index is 0.389. The fourth-order valence-corrected chi connectivity index (χ4v) is 3.16. The van der Waals surface area contributed by atoms with E-state index in [1.54, 1.807) is 0 Å². The van der Waals surface area contributed by atoms with Gasteiger partial charge >= 0.3 is 5.97 Å². The van der Waals surface area contributed by atoms with Crippen molar-refractivity contribution in [2.75, 3.05) is 19.6 Å². The van der Waals surface area contributed by atoms with E-state index in [-0.39, 0.29) is 0 Å². The van der Waals surface area contributed by atoms with E-state index in [1.807, 2.05) is 13.8 Å². The molecule has 0 aromatic rings. The van der Waals surface area contributed by atoms with E-state index < -0.39 is 11.5 Å². The van der Waals surface area contributed by atoms with Crippen molar-refractivity contribution in [3.63, 3.8) is 0 Å². The highest BCUT2D eigenvalue weighted by atomic mass is 16.4. The largest absolute Gasteiger partial charge is 0.480 e. The monoisotopic (exact) mass is 270 g/mol. The number of nitrogens with zero attached hydrogens (tertiary/aromatic N) is 2. The number of carbonyl (C=O) groups is 1. The zero-order chi connectivity index (χ0) is 14.6. The van der Waals surface area contributed by atoms with Crippen molar-refractivity contribution in [3.8, 4) is 0 Å². The molecule has 1 saturated heterocycles. The minimum atomic E-state index is -0.771. The molecule has 0 aliphatic carbocycles. The molecule has 0 aromatic carbocycles. The van der Waals surface area contributed by atoms with E-state index in [2.05, 4.69) is 30.6 Å². The van der Waals surface area contributed by atoms with Crippen molar-refractivity contribution in [3.05, 3.63) is 0 Å². The second-order valence-corrected chi connectivity index (χ2v) is 6.36. The smallest absolute Gasteiger partial charge is 0.323 e. The van der Waals surface area contributed by atoms with Gasteiger partial charge in [-0.25, -0.2) is 0 Å². The third kappa shape index (κ3) is 3.93. The van der Waals surface area contributed by atoms with Gasteiger partial charge in [-0.3, -0.25) is 9.69 Å². The van der Waals surface area contributed by atoms with Crippen molar-refractivity contribution >= 4 is 5.97 Å². The Bertz CT molecular complexity index is 303. The van der Waals surface area contributed by atoms with Crippen LogP contribution in [0, 0.1) is 0 Å². The minimum Gasteiger partial charge on any atom is -0.480 e. The molecule has 1 aliphatic heterocycles. The van der Waals surface area contributed by atoms with Crippen LogP contribution in [-0.4, -0.2) is 58.1 Å². The zero-order valence-corrected chi connectivity index (χ0v) is 13.1. The maximum Gasteiger partial charge on any atom is 0.323 e. The molecule has 1 N–H and O–H groups in total. The summed E-state index contributed by atoms with van der Waals surface area (Å²) in [6, 6.07) is 0.973. The van der Waals surface area contributed by atoms with Crippen molar-refractivity contribution in [1.29, 1.82) is 0 Å². The normalized spacial score (nSPS) is 22.8. The van der Waals surface area contributed by atoms with E-state index in [1.165, 1.54) is 0 Å². The fraction of sp³-hybridized carbons (Fsp3) is 0.933. The molecule has 112 valence electrons. The Kier molecular flexibility index (Phi) is 5.81. The van der Waals surface area contributed by atoms with Crippen molar-refractivity contribution in [1.82, 2.24) is 9.80 Å². The lowest BCUT2D eigenvalue weighted by Crippen LogP contribution is -2.54. The van der Waals surface area contributed by atoms with E-state index in [4.69, 9.17) is 0 Å². The van der Waals surface area contributed by atoms with Crippen LogP contribution >= 0.6 is 0 Å². The summed E-state index contributed by atoms with van der Waals surface area (Å²) in [5.74, 6) is -0.723. The van der Waals surface area contributed by atoms with Crippen LogP contribution in [0.1, 0.15) is 53.9 Å². The van der Waals surface area contributed by atoms with Gasteiger partial charge in [-0.15, -0.1) is 0 Å². The highest BCUT2D eigenvalue weighted by Crippen LogP contribution is 2.25. The number of hydrogen-bond donors (Lipinski definition) is 1. The number of aliphatic carboxylic acids is 1. The Morgan fingerprint density at radius 2 is 2.00 bits per heavy atom. The molecule has 19 heavy (non-hydrogen) atoms. The maximum absolute atomic E-state index is 11.5. The van der Waals surface area contributed by atoms with Crippen LogP contribution in [0.3, 0.4) is 0 Å². The molecule has 0 bridgehead atoms. The number of rotatable bonds is 5. The SMILES string of the molecule is CCN(C1CCCN(C(C)C)CC1)C(C)(C)C(=O)O. The van der Waals surface area contributed by atoms with Gasteiger partial charge in [0.1, 0.15) is 5.54 Å².